The van der Waals surface area contributed by atoms with Crippen molar-refractivity contribution >= 4 is 17.4 Å². The Balaban J connectivity index is 1.75. The molecule has 22 heavy (non-hydrogen) atoms. The number of hydrogen-bond acceptors (Lipinski definition) is 4. The first-order valence-corrected chi connectivity index (χ1v) is 7.71. The lowest BCUT2D eigenvalue weighted by Crippen LogP contribution is -2.35. The van der Waals surface area contributed by atoms with E-state index in [0.29, 0.717) is 13.1 Å². The van der Waals surface area contributed by atoms with E-state index in [9.17, 15) is 4.79 Å². The predicted molar refractivity (Wildman–Crippen MR) is 87.0 cm³/mol. The standard InChI is InChI=1S/C17H23N3O2/c1-17(2,3)22-16(21)20-10-6-12(11-20)15-13-7-9-19(4)14(13)5-8-18-15/h5-6,8H,7,9-11H2,1-4H3. The number of likely N-dealkylation sites (N-methyl/N-ethyl adjacent to an activating group) is 1. The van der Waals surface area contributed by atoms with E-state index in [0.717, 1.165) is 24.2 Å². The number of anilines is 1. The highest BCUT2D eigenvalue weighted by molar-refractivity contribution is 5.79. The molecular weight excluding hydrogens is 278 g/mol. The molecule has 118 valence electrons. The summed E-state index contributed by atoms with van der Waals surface area (Å²) in [5.41, 5.74) is 4.24. The molecule has 2 aliphatic heterocycles. The van der Waals surface area contributed by atoms with Crippen molar-refractivity contribution < 1.29 is 9.53 Å². The molecule has 1 aromatic rings. The van der Waals surface area contributed by atoms with Crippen LogP contribution in [0.15, 0.2) is 18.3 Å². The normalized spacial score (nSPS) is 17.5. The maximum Gasteiger partial charge on any atom is 0.410 e. The fourth-order valence-electron chi connectivity index (χ4n) is 2.96. The molecule has 0 fully saturated rings. The zero-order valence-corrected chi connectivity index (χ0v) is 13.7. The molecule has 5 heteroatoms. The van der Waals surface area contributed by atoms with Crippen molar-refractivity contribution in [1.82, 2.24) is 9.88 Å². The summed E-state index contributed by atoms with van der Waals surface area (Å²) in [6.45, 7) is 7.84. The molecule has 0 N–H and O–H groups in total. The van der Waals surface area contributed by atoms with Gasteiger partial charge in [-0.25, -0.2) is 4.79 Å². The Morgan fingerprint density at radius 3 is 2.86 bits per heavy atom. The maximum absolute atomic E-state index is 12.2. The summed E-state index contributed by atoms with van der Waals surface area (Å²) in [6.07, 6.45) is 4.69. The van der Waals surface area contributed by atoms with Gasteiger partial charge in [0, 0.05) is 37.6 Å². The fourth-order valence-corrected chi connectivity index (χ4v) is 2.96. The number of carbonyl (C=O) groups excluding carboxylic acids is 1. The van der Waals surface area contributed by atoms with Crippen LogP contribution in [0.25, 0.3) is 5.57 Å². The number of rotatable bonds is 1. The molecule has 2 aliphatic rings. The van der Waals surface area contributed by atoms with E-state index in [1.54, 1.807) is 4.90 Å². The first-order valence-electron chi connectivity index (χ1n) is 7.71. The minimum Gasteiger partial charge on any atom is -0.444 e. The molecule has 3 heterocycles. The highest BCUT2D eigenvalue weighted by atomic mass is 16.6. The van der Waals surface area contributed by atoms with Gasteiger partial charge in [0.15, 0.2) is 0 Å². The Morgan fingerprint density at radius 1 is 1.36 bits per heavy atom. The average molecular weight is 301 g/mol. The van der Waals surface area contributed by atoms with Gasteiger partial charge in [0.1, 0.15) is 5.60 Å². The SMILES string of the molecule is CN1CCc2c1ccnc2C1=CCN(C(=O)OC(C)(C)C)C1. The molecule has 0 atom stereocenters. The van der Waals surface area contributed by atoms with Crippen LogP contribution < -0.4 is 4.90 Å². The van der Waals surface area contributed by atoms with Gasteiger partial charge in [0.05, 0.1) is 12.2 Å². The van der Waals surface area contributed by atoms with Crippen LogP contribution in [0.2, 0.25) is 0 Å². The van der Waals surface area contributed by atoms with Crippen LogP contribution in [0.3, 0.4) is 0 Å². The highest BCUT2D eigenvalue weighted by Crippen LogP contribution is 2.33. The van der Waals surface area contributed by atoms with Gasteiger partial charge < -0.3 is 14.5 Å². The van der Waals surface area contributed by atoms with Gasteiger partial charge in [-0.05, 0) is 38.8 Å². The third kappa shape index (κ3) is 2.80. The summed E-state index contributed by atoms with van der Waals surface area (Å²) in [4.78, 5) is 20.7. The molecule has 5 nitrogen and oxygen atoms in total. The number of amides is 1. The minimum absolute atomic E-state index is 0.261. The highest BCUT2D eigenvalue weighted by Gasteiger charge is 2.28. The minimum atomic E-state index is -0.463. The van der Waals surface area contributed by atoms with Crippen molar-refractivity contribution in [2.75, 3.05) is 31.6 Å². The molecule has 0 aromatic carbocycles. The monoisotopic (exact) mass is 301 g/mol. The lowest BCUT2D eigenvalue weighted by molar-refractivity contribution is 0.0306. The van der Waals surface area contributed by atoms with Crippen molar-refractivity contribution in [3.05, 3.63) is 29.6 Å². The summed E-state index contributed by atoms with van der Waals surface area (Å²) in [6, 6.07) is 2.06. The Labute approximate surface area is 131 Å². The number of nitrogens with zero attached hydrogens (tertiary/aromatic N) is 3. The number of pyridine rings is 1. The number of hydrogen-bond donors (Lipinski definition) is 0. The first kappa shape index (κ1) is 14.9. The van der Waals surface area contributed by atoms with E-state index in [-0.39, 0.29) is 6.09 Å². The Morgan fingerprint density at radius 2 is 2.14 bits per heavy atom. The van der Waals surface area contributed by atoms with E-state index >= 15 is 0 Å². The molecule has 1 aromatic heterocycles. The fraction of sp³-hybridized carbons (Fsp3) is 0.529. The smallest absolute Gasteiger partial charge is 0.410 e. The predicted octanol–water partition coefficient (Wildman–Crippen LogP) is 2.71. The van der Waals surface area contributed by atoms with Gasteiger partial charge in [-0.3, -0.25) is 4.98 Å². The molecule has 0 bridgehead atoms. The Bertz CT molecular complexity index is 631. The van der Waals surface area contributed by atoms with Crippen molar-refractivity contribution in [2.24, 2.45) is 0 Å². The zero-order chi connectivity index (χ0) is 15.9. The second-order valence-electron chi connectivity index (χ2n) is 6.92. The van der Waals surface area contributed by atoms with Gasteiger partial charge in [-0.2, -0.15) is 0 Å². The van der Waals surface area contributed by atoms with Crippen molar-refractivity contribution in [1.29, 1.82) is 0 Å². The van der Waals surface area contributed by atoms with E-state index in [1.807, 2.05) is 27.0 Å². The van der Waals surface area contributed by atoms with Crippen molar-refractivity contribution in [2.45, 2.75) is 32.8 Å². The van der Waals surface area contributed by atoms with Crippen molar-refractivity contribution in [3.8, 4) is 0 Å². The molecule has 0 unspecified atom stereocenters. The van der Waals surface area contributed by atoms with Crippen LogP contribution >= 0.6 is 0 Å². The average Bonchev–Trinajstić information content (AvgIpc) is 3.04. The molecular formula is C17H23N3O2. The lowest BCUT2D eigenvalue weighted by Gasteiger charge is -2.24. The third-order valence-corrected chi connectivity index (χ3v) is 4.01. The topological polar surface area (TPSA) is 45.7 Å². The van der Waals surface area contributed by atoms with E-state index in [4.69, 9.17) is 4.74 Å². The molecule has 0 spiro atoms. The van der Waals surface area contributed by atoms with Gasteiger partial charge in [-0.15, -0.1) is 0 Å². The number of aromatic nitrogens is 1. The van der Waals surface area contributed by atoms with E-state index in [2.05, 4.69) is 29.1 Å². The Hall–Kier alpha value is -2.04. The second-order valence-corrected chi connectivity index (χ2v) is 6.92. The largest absolute Gasteiger partial charge is 0.444 e. The maximum atomic E-state index is 12.2. The quantitative estimate of drug-likeness (QED) is 0.800. The third-order valence-electron chi connectivity index (χ3n) is 4.01. The summed E-state index contributed by atoms with van der Waals surface area (Å²) in [5, 5.41) is 0. The van der Waals surface area contributed by atoms with Crippen LogP contribution in [-0.2, 0) is 11.2 Å². The first-order chi connectivity index (χ1) is 10.3. The Kier molecular flexibility index (Phi) is 3.59. The van der Waals surface area contributed by atoms with Crippen LogP contribution in [0.4, 0.5) is 10.5 Å². The number of carbonyl (C=O) groups is 1. The van der Waals surface area contributed by atoms with Crippen LogP contribution in [-0.4, -0.2) is 48.3 Å². The molecule has 0 aliphatic carbocycles. The molecule has 3 rings (SSSR count). The molecule has 0 saturated heterocycles. The van der Waals surface area contributed by atoms with Crippen LogP contribution in [0, 0.1) is 0 Å². The summed E-state index contributed by atoms with van der Waals surface area (Å²) in [5.74, 6) is 0. The number of fused-ring (bicyclic) bond motifs is 1. The summed E-state index contributed by atoms with van der Waals surface area (Å²) in [7, 11) is 2.10. The summed E-state index contributed by atoms with van der Waals surface area (Å²) < 4.78 is 5.44. The lowest BCUT2D eigenvalue weighted by atomic mass is 10.0. The van der Waals surface area contributed by atoms with E-state index in [1.165, 1.54) is 11.3 Å². The van der Waals surface area contributed by atoms with Crippen LogP contribution in [0.5, 0.6) is 0 Å². The van der Waals surface area contributed by atoms with Gasteiger partial charge >= 0.3 is 6.09 Å². The van der Waals surface area contributed by atoms with Gasteiger partial charge in [0.2, 0.25) is 0 Å². The number of ether oxygens (including phenoxy) is 1. The molecule has 0 saturated carbocycles. The van der Waals surface area contributed by atoms with Crippen molar-refractivity contribution in [3.63, 3.8) is 0 Å². The van der Waals surface area contributed by atoms with Crippen LogP contribution in [0.1, 0.15) is 32.0 Å². The molecule has 0 radical (unpaired) electrons. The van der Waals surface area contributed by atoms with Gasteiger partial charge in [0.25, 0.3) is 0 Å². The second kappa shape index (κ2) is 5.30. The zero-order valence-electron chi connectivity index (χ0n) is 13.7. The van der Waals surface area contributed by atoms with Gasteiger partial charge in [-0.1, -0.05) is 6.08 Å². The molecule has 1 amide bonds. The van der Waals surface area contributed by atoms with E-state index < -0.39 is 5.60 Å². The summed E-state index contributed by atoms with van der Waals surface area (Å²) >= 11 is 0.